The van der Waals surface area contributed by atoms with Crippen molar-refractivity contribution < 1.29 is 9.32 Å². The maximum atomic E-state index is 12.0. The fraction of sp³-hybridized carbons (Fsp3) is 0.267. The number of amides is 1. The number of anilines is 1. The molecule has 1 N–H and O–H groups in total. The fourth-order valence-electron chi connectivity index (χ4n) is 2.23. The van der Waals surface area contributed by atoms with E-state index in [2.05, 4.69) is 15.6 Å². The highest BCUT2D eigenvalue weighted by Gasteiger charge is 2.13. The van der Waals surface area contributed by atoms with Crippen molar-refractivity contribution in [1.82, 2.24) is 14.9 Å². The SMILES string of the molecule is Cc1noc(C)c1Cn1cc(NC(=O)C2=CC=CC2)cn1. The molecular weight excluding hydrogens is 268 g/mol. The van der Waals surface area contributed by atoms with Gasteiger partial charge in [-0.3, -0.25) is 9.48 Å². The highest BCUT2D eigenvalue weighted by molar-refractivity contribution is 6.04. The lowest BCUT2D eigenvalue weighted by molar-refractivity contribution is -0.112. The molecule has 6 heteroatoms. The number of nitrogens with one attached hydrogen (secondary N) is 1. The second-order valence-electron chi connectivity index (χ2n) is 5.01. The molecule has 0 spiro atoms. The number of carbonyl (C=O) groups is 1. The summed E-state index contributed by atoms with van der Waals surface area (Å²) in [7, 11) is 0. The number of hydrogen-bond donors (Lipinski definition) is 1. The molecule has 1 aliphatic rings. The average molecular weight is 284 g/mol. The van der Waals surface area contributed by atoms with Gasteiger partial charge in [-0.1, -0.05) is 23.4 Å². The third-order valence-corrected chi connectivity index (χ3v) is 3.46. The minimum absolute atomic E-state index is 0.0862. The van der Waals surface area contributed by atoms with Crippen molar-refractivity contribution in [3.8, 4) is 0 Å². The standard InChI is InChI=1S/C15H16N4O2/c1-10-14(11(2)21-18-10)9-19-8-13(7-16-19)17-15(20)12-5-3-4-6-12/h3-5,7-8H,6,9H2,1-2H3,(H,17,20). The lowest BCUT2D eigenvalue weighted by atomic mass is 10.2. The topological polar surface area (TPSA) is 73.0 Å². The molecule has 21 heavy (non-hydrogen) atoms. The number of aryl methyl sites for hydroxylation is 2. The Hall–Kier alpha value is -2.63. The van der Waals surface area contributed by atoms with E-state index in [9.17, 15) is 4.79 Å². The van der Waals surface area contributed by atoms with Crippen LogP contribution in [0.2, 0.25) is 0 Å². The predicted molar refractivity (Wildman–Crippen MR) is 77.8 cm³/mol. The highest BCUT2D eigenvalue weighted by Crippen LogP contribution is 2.16. The fourth-order valence-corrected chi connectivity index (χ4v) is 2.23. The Morgan fingerprint density at radius 1 is 1.48 bits per heavy atom. The van der Waals surface area contributed by atoms with Gasteiger partial charge < -0.3 is 9.84 Å². The number of rotatable bonds is 4. The van der Waals surface area contributed by atoms with Gasteiger partial charge >= 0.3 is 0 Å². The Morgan fingerprint density at radius 3 is 3.00 bits per heavy atom. The molecule has 0 aromatic carbocycles. The molecule has 108 valence electrons. The molecule has 0 unspecified atom stereocenters. The summed E-state index contributed by atoms with van der Waals surface area (Å²) in [4.78, 5) is 12.0. The van der Waals surface area contributed by atoms with Crippen LogP contribution >= 0.6 is 0 Å². The van der Waals surface area contributed by atoms with Gasteiger partial charge in [0.2, 0.25) is 0 Å². The summed E-state index contributed by atoms with van der Waals surface area (Å²) in [5, 5.41) is 11.0. The van der Waals surface area contributed by atoms with Crippen LogP contribution in [-0.4, -0.2) is 20.8 Å². The molecule has 0 atom stereocenters. The molecule has 2 heterocycles. The van der Waals surface area contributed by atoms with Gasteiger partial charge in [-0.25, -0.2) is 0 Å². The zero-order valence-corrected chi connectivity index (χ0v) is 12.0. The summed E-state index contributed by atoms with van der Waals surface area (Å²) in [6, 6.07) is 0. The number of hydrogen-bond acceptors (Lipinski definition) is 4. The van der Waals surface area contributed by atoms with Crippen LogP contribution < -0.4 is 5.32 Å². The first-order valence-electron chi connectivity index (χ1n) is 6.75. The Kier molecular flexibility index (Phi) is 3.43. The van der Waals surface area contributed by atoms with E-state index in [1.54, 1.807) is 17.1 Å². The van der Waals surface area contributed by atoms with E-state index in [0.717, 1.165) is 22.6 Å². The normalized spacial score (nSPS) is 13.5. The molecule has 0 bridgehead atoms. The van der Waals surface area contributed by atoms with E-state index >= 15 is 0 Å². The summed E-state index contributed by atoms with van der Waals surface area (Å²) >= 11 is 0. The maximum absolute atomic E-state index is 12.0. The summed E-state index contributed by atoms with van der Waals surface area (Å²) in [6.07, 6.45) is 9.78. The van der Waals surface area contributed by atoms with Crippen molar-refractivity contribution in [1.29, 1.82) is 0 Å². The van der Waals surface area contributed by atoms with Gasteiger partial charge in [0.15, 0.2) is 0 Å². The molecule has 1 amide bonds. The smallest absolute Gasteiger partial charge is 0.251 e. The molecule has 3 rings (SSSR count). The minimum atomic E-state index is -0.0862. The Bertz CT molecular complexity index is 717. The summed E-state index contributed by atoms with van der Waals surface area (Å²) in [5.74, 6) is 0.702. The molecule has 0 radical (unpaired) electrons. The average Bonchev–Trinajstić information content (AvgIpc) is 3.17. The van der Waals surface area contributed by atoms with Crippen molar-refractivity contribution in [2.75, 3.05) is 5.32 Å². The lowest BCUT2D eigenvalue weighted by Crippen LogP contribution is -2.12. The molecule has 2 aromatic heterocycles. The Morgan fingerprint density at radius 2 is 2.33 bits per heavy atom. The van der Waals surface area contributed by atoms with Gasteiger partial charge in [0.1, 0.15) is 5.76 Å². The van der Waals surface area contributed by atoms with Crippen molar-refractivity contribution in [2.45, 2.75) is 26.8 Å². The van der Waals surface area contributed by atoms with Gasteiger partial charge in [0.05, 0.1) is 24.1 Å². The van der Waals surface area contributed by atoms with Gasteiger partial charge in [-0.2, -0.15) is 5.10 Å². The zero-order chi connectivity index (χ0) is 14.8. The van der Waals surface area contributed by atoms with Crippen LogP contribution in [-0.2, 0) is 11.3 Å². The van der Waals surface area contributed by atoms with Crippen LogP contribution in [0.1, 0.15) is 23.4 Å². The van der Waals surface area contributed by atoms with Crippen molar-refractivity contribution >= 4 is 11.6 Å². The number of allylic oxidation sites excluding steroid dienone is 3. The quantitative estimate of drug-likeness (QED) is 0.935. The lowest BCUT2D eigenvalue weighted by Gasteiger charge is -2.02. The van der Waals surface area contributed by atoms with Crippen LogP contribution in [0.25, 0.3) is 0 Å². The van der Waals surface area contributed by atoms with E-state index in [1.807, 2.05) is 32.1 Å². The molecule has 1 aliphatic carbocycles. The molecular formula is C15H16N4O2. The van der Waals surface area contributed by atoms with Gasteiger partial charge in [0, 0.05) is 17.3 Å². The number of carbonyl (C=O) groups excluding carboxylic acids is 1. The third kappa shape index (κ3) is 2.79. The second-order valence-corrected chi connectivity index (χ2v) is 5.01. The van der Waals surface area contributed by atoms with Crippen LogP contribution in [0, 0.1) is 13.8 Å². The molecule has 2 aromatic rings. The molecule has 6 nitrogen and oxygen atoms in total. The Labute approximate surface area is 122 Å². The molecule has 0 fully saturated rings. The van der Waals surface area contributed by atoms with E-state index in [1.165, 1.54) is 0 Å². The first-order valence-corrected chi connectivity index (χ1v) is 6.75. The van der Waals surface area contributed by atoms with E-state index < -0.39 is 0 Å². The summed E-state index contributed by atoms with van der Waals surface area (Å²) < 4.78 is 6.88. The zero-order valence-electron chi connectivity index (χ0n) is 12.0. The van der Waals surface area contributed by atoms with Crippen molar-refractivity contribution in [3.05, 3.63) is 53.2 Å². The van der Waals surface area contributed by atoms with Gasteiger partial charge in [-0.15, -0.1) is 0 Å². The maximum Gasteiger partial charge on any atom is 0.251 e. The number of aromatic nitrogens is 3. The monoisotopic (exact) mass is 284 g/mol. The minimum Gasteiger partial charge on any atom is -0.361 e. The molecule has 0 saturated carbocycles. The van der Waals surface area contributed by atoms with Crippen molar-refractivity contribution in [3.63, 3.8) is 0 Å². The highest BCUT2D eigenvalue weighted by atomic mass is 16.5. The van der Waals surface area contributed by atoms with E-state index in [4.69, 9.17) is 4.52 Å². The van der Waals surface area contributed by atoms with Gasteiger partial charge in [0.25, 0.3) is 5.91 Å². The van der Waals surface area contributed by atoms with Crippen LogP contribution in [0.4, 0.5) is 5.69 Å². The predicted octanol–water partition coefficient (Wildman–Crippen LogP) is 2.36. The van der Waals surface area contributed by atoms with E-state index in [-0.39, 0.29) is 5.91 Å². The second kappa shape index (κ2) is 5.40. The number of nitrogens with zero attached hydrogens (tertiary/aromatic N) is 3. The van der Waals surface area contributed by atoms with Crippen LogP contribution in [0.5, 0.6) is 0 Å². The molecule has 0 saturated heterocycles. The first-order chi connectivity index (χ1) is 10.1. The van der Waals surface area contributed by atoms with Crippen LogP contribution in [0.3, 0.4) is 0 Å². The van der Waals surface area contributed by atoms with Gasteiger partial charge in [-0.05, 0) is 20.3 Å². The summed E-state index contributed by atoms with van der Waals surface area (Å²) in [5.41, 5.74) is 3.31. The summed E-state index contributed by atoms with van der Waals surface area (Å²) in [6.45, 7) is 4.35. The van der Waals surface area contributed by atoms with E-state index in [0.29, 0.717) is 18.7 Å². The van der Waals surface area contributed by atoms with Crippen LogP contribution in [0.15, 0.2) is 40.7 Å². The largest absolute Gasteiger partial charge is 0.361 e. The van der Waals surface area contributed by atoms with Crippen molar-refractivity contribution in [2.24, 2.45) is 0 Å². The third-order valence-electron chi connectivity index (χ3n) is 3.46. The Balaban J connectivity index is 1.68. The molecule has 0 aliphatic heterocycles. The first kappa shape index (κ1) is 13.4.